The van der Waals surface area contributed by atoms with Gasteiger partial charge in [0.05, 0.1) is 42.3 Å². The molecular formula is C28H34N6O2. The maximum atomic E-state index is 13.3. The fourth-order valence-electron chi connectivity index (χ4n) is 4.45. The molecule has 5 rings (SSSR count). The van der Waals surface area contributed by atoms with E-state index < -0.39 is 0 Å². The number of aromatic nitrogens is 2. The highest BCUT2D eigenvalue weighted by atomic mass is 16.5. The first-order valence-corrected chi connectivity index (χ1v) is 12.3. The Balaban J connectivity index is 1.39. The number of benzene rings is 2. The molecule has 1 fully saturated rings. The highest BCUT2D eigenvalue weighted by Crippen LogP contribution is 2.40. The van der Waals surface area contributed by atoms with E-state index in [1.54, 1.807) is 7.11 Å². The number of rotatable bonds is 6. The van der Waals surface area contributed by atoms with Crippen molar-refractivity contribution in [3.8, 4) is 5.75 Å². The van der Waals surface area contributed by atoms with Crippen LogP contribution < -0.4 is 26.0 Å². The number of imidazole rings is 1. The van der Waals surface area contributed by atoms with Gasteiger partial charge in [0.1, 0.15) is 11.6 Å². The molecule has 8 nitrogen and oxygen atoms in total. The molecule has 1 saturated carbocycles. The Morgan fingerprint density at radius 2 is 1.94 bits per heavy atom. The molecule has 8 heteroatoms. The molecule has 0 atom stereocenters. The molecule has 0 bridgehead atoms. The number of methoxy groups -OCH3 is 1. The standard InChI is InChI=1S/C28H34N6O2/c1-17-7-8-19(27(35)30-21-14-20(28(2,3)4)11-12-25(21)36-6)13-23(17)34-16-22(31-32-34)24-15-29-26(33(24)5)18-9-10-18/h7-8,11-16,18,31-32H,9-10H2,1-6H3,(H,30,35). The summed E-state index contributed by atoms with van der Waals surface area (Å²) in [6.07, 6.45) is 6.32. The zero-order valence-corrected chi connectivity index (χ0v) is 21.8. The summed E-state index contributed by atoms with van der Waals surface area (Å²) in [6, 6.07) is 11.6. The van der Waals surface area contributed by atoms with E-state index >= 15 is 0 Å². The molecule has 0 saturated heterocycles. The molecule has 2 aromatic carbocycles. The summed E-state index contributed by atoms with van der Waals surface area (Å²) >= 11 is 0. The van der Waals surface area contributed by atoms with Crippen LogP contribution >= 0.6 is 0 Å². The Kier molecular flexibility index (Phi) is 6.00. The second kappa shape index (κ2) is 9.02. The quantitative estimate of drug-likeness (QED) is 0.455. The molecule has 2 aliphatic rings. The zero-order valence-electron chi connectivity index (χ0n) is 21.8. The molecule has 2 heterocycles. The van der Waals surface area contributed by atoms with Crippen LogP contribution in [0.1, 0.15) is 72.5 Å². The van der Waals surface area contributed by atoms with E-state index in [4.69, 9.17) is 4.74 Å². The van der Waals surface area contributed by atoms with Crippen LogP contribution in [0, 0.1) is 6.92 Å². The molecule has 188 valence electrons. The van der Waals surface area contributed by atoms with E-state index in [0.717, 1.165) is 34.0 Å². The Hall–Kier alpha value is -3.78. The summed E-state index contributed by atoms with van der Waals surface area (Å²) in [6.45, 7) is 8.45. The van der Waals surface area contributed by atoms with Crippen LogP contribution in [0.5, 0.6) is 5.75 Å². The third-order valence-corrected chi connectivity index (χ3v) is 6.86. The first-order chi connectivity index (χ1) is 17.2. The van der Waals surface area contributed by atoms with Crippen LogP contribution in [-0.4, -0.2) is 22.6 Å². The van der Waals surface area contributed by atoms with Gasteiger partial charge in [-0.2, -0.15) is 0 Å². The summed E-state index contributed by atoms with van der Waals surface area (Å²) in [5.74, 6) is 2.14. The van der Waals surface area contributed by atoms with Gasteiger partial charge >= 0.3 is 0 Å². The van der Waals surface area contributed by atoms with Gasteiger partial charge in [-0.25, -0.2) is 4.98 Å². The van der Waals surface area contributed by atoms with E-state index in [1.165, 1.54) is 12.8 Å². The van der Waals surface area contributed by atoms with Gasteiger partial charge in [0, 0.05) is 18.5 Å². The van der Waals surface area contributed by atoms with E-state index in [-0.39, 0.29) is 11.3 Å². The third-order valence-electron chi connectivity index (χ3n) is 6.86. The number of carbonyl (C=O) groups excluding carboxylic acids is 1. The molecule has 1 aliphatic heterocycles. The molecule has 36 heavy (non-hydrogen) atoms. The van der Waals surface area contributed by atoms with Crippen molar-refractivity contribution in [2.45, 2.75) is 51.9 Å². The van der Waals surface area contributed by atoms with E-state index in [2.05, 4.69) is 53.6 Å². The Bertz CT molecular complexity index is 1350. The largest absolute Gasteiger partial charge is 0.495 e. The predicted molar refractivity (Wildman–Crippen MR) is 143 cm³/mol. The topological polar surface area (TPSA) is 83.5 Å². The minimum Gasteiger partial charge on any atom is -0.495 e. The molecule has 1 amide bonds. The van der Waals surface area contributed by atoms with Gasteiger partial charge in [0.15, 0.2) is 0 Å². The van der Waals surface area contributed by atoms with Crippen LogP contribution in [0.2, 0.25) is 0 Å². The molecule has 0 radical (unpaired) electrons. The monoisotopic (exact) mass is 486 g/mol. The van der Waals surface area contributed by atoms with Gasteiger partial charge < -0.3 is 14.6 Å². The summed E-state index contributed by atoms with van der Waals surface area (Å²) in [4.78, 5) is 17.9. The molecule has 1 aliphatic carbocycles. The second-order valence-corrected chi connectivity index (χ2v) is 10.6. The van der Waals surface area contributed by atoms with Crippen LogP contribution in [-0.2, 0) is 12.5 Å². The lowest BCUT2D eigenvalue weighted by Gasteiger charge is -2.21. The van der Waals surface area contributed by atoms with Gasteiger partial charge in [-0.05, 0) is 60.6 Å². The highest BCUT2D eigenvalue weighted by Gasteiger charge is 2.29. The average molecular weight is 487 g/mol. The number of amides is 1. The highest BCUT2D eigenvalue weighted by molar-refractivity contribution is 6.05. The maximum Gasteiger partial charge on any atom is 0.255 e. The average Bonchev–Trinajstić information content (AvgIpc) is 3.44. The van der Waals surface area contributed by atoms with Crippen LogP contribution in [0.25, 0.3) is 5.70 Å². The summed E-state index contributed by atoms with van der Waals surface area (Å²) < 4.78 is 7.65. The normalized spacial score (nSPS) is 15.5. The van der Waals surface area contributed by atoms with Gasteiger partial charge in [0.25, 0.3) is 5.91 Å². The van der Waals surface area contributed by atoms with Crippen molar-refractivity contribution >= 4 is 23.0 Å². The molecule has 1 aromatic heterocycles. The smallest absolute Gasteiger partial charge is 0.255 e. The van der Waals surface area contributed by atoms with E-state index in [1.807, 2.05) is 60.7 Å². The predicted octanol–water partition coefficient (Wildman–Crippen LogP) is 4.99. The number of hydrogen-bond acceptors (Lipinski definition) is 6. The van der Waals surface area contributed by atoms with E-state index in [0.29, 0.717) is 22.9 Å². The van der Waals surface area contributed by atoms with Crippen molar-refractivity contribution in [2.24, 2.45) is 7.05 Å². The van der Waals surface area contributed by atoms with Gasteiger partial charge in [-0.1, -0.05) is 32.9 Å². The Morgan fingerprint density at radius 1 is 1.17 bits per heavy atom. The minimum absolute atomic E-state index is 0.0471. The fourth-order valence-corrected chi connectivity index (χ4v) is 4.45. The number of hydrazine groups is 2. The zero-order chi connectivity index (χ0) is 25.6. The van der Waals surface area contributed by atoms with Crippen LogP contribution in [0.3, 0.4) is 0 Å². The van der Waals surface area contributed by atoms with Crippen molar-refractivity contribution in [2.75, 3.05) is 17.4 Å². The molecule has 0 spiro atoms. The number of ether oxygens (including phenoxy) is 1. The van der Waals surface area contributed by atoms with Gasteiger partial charge in [-0.3, -0.25) is 15.2 Å². The lowest BCUT2D eigenvalue weighted by Crippen LogP contribution is -2.36. The molecule has 0 unspecified atom stereocenters. The fraction of sp³-hybridized carbons (Fsp3) is 0.357. The molecule has 3 N–H and O–H groups in total. The Labute approximate surface area is 212 Å². The number of nitrogens with zero attached hydrogens (tertiary/aromatic N) is 3. The second-order valence-electron chi connectivity index (χ2n) is 10.6. The minimum atomic E-state index is -0.197. The van der Waals surface area contributed by atoms with Crippen molar-refractivity contribution in [1.82, 2.24) is 20.5 Å². The number of anilines is 2. The maximum absolute atomic E-state index is 13.3. The first kappa shape index (κ1) is 23.9. The van der Waals surface area contributed by atoms with Gasteiger partial charge in [0.2, 0.25) is 0 Å². The third kappa shape index (κ3) is 4.56. The van der Waals surface area contributed by atoms with Crippen molar-refractivity contribution in [3.05, 3.63) is 77.0 Å². The first-order valence-electron chi connectivity index (χ1n) is 12.3. The number of aryl methyl sites for hydroxylation is 1. The lowest BCUT2D eigenvalue weighted by atomic mass is 9.87. The number of nitrogens with one attached hydrogen (secondary N) is 3. The Morgan fingerprint density at radius 3 is 2.64 bits per heavy atom. The van der Waals surface area contributed by atoms with Crippen LogP contribution in [0.4, 0.5) is 11.4 Å². The van der Waals surface area contributed by atoms with Gasteiger partial charge in [-0.15, -0.1) is 5.53 Å². The van der Waals surface area contributed by atoms with E-state index in [9.17, 15) is 4.79 Å². The van der Waals surface area contributed by atoms with Crippen molar-refractivity contribution in [1.29, 1.82) is 0 Å². The SMILES string of the molecule is COc1ccc(C(C)(C)C)cc1NC(=O)c1ccc(C)c(N2C=C(c3cnc(C4CC4)n3C)NN2)c1. The lowest BCUT2D eigenvalue weighted by molar-refractivity contribution is 0.102. The van der Waals surface area contributed by atoms with Crippen LogP contribution in [0.15, 0.2) is 48.8 Å². The summed E-state index contributed by atoms with van der Waals surface area (Å²) in [5.41, 5.74) is 12.6. The molecular weight excluding hydrogens is 452 g/mol. The number of carbonyl (C=O) groups is 1. The molecule has 3 aromatic rings. The van der Waals surface area contributed by atoms with Crippen molar-refractivity contribution in [3.63, 3.8) is 0 Å². The summed E-state index contributed by atoms with van der Waals surface area (Å²) in [5, 5.41) is 4.94. The number of hydrogen-bond donors (Lipinski definition) is 3. The van der Waals surface area contributed by atoms with Crippen molar-refractivity contribution < 1.29 is 9.53 Å². The summed E-state index contributed by atoms with van der Waals surface area (Å²) in [7, 11) is 3.66.